The zero-order valence-corrected chi connectivity index (χ0v) is 15.6. The number of anilines is 1. The fourth-order valence-corrected chi connectivity index (χ4v) is 3.61. The number of fused-ring (bicyclic) bond motifs is 1. The summed E-state index contributed by atoms with van der Waals surface area (Å²) in [6.45, 7) is 4.60. The summed E-state index contributed by atoms with van der Waals surface area (Å²) in [5, 5.41) is 11.6. The Kier molecular flexibility index (Phi) is 4.11. The molecule has 0 saturated carbocycles. The number of hydrogen-bond acceptors (Lipinski definition) is 3. The topological polar surface area (TPSA) is 33.4 Å². The van der Waals surface area contributed by atoms with Gasteiger partial charge in [0, 0.05) is 12.6 Å². The molecule has 132 valence electrons. The lowest BCUT2D eigenvalue weighted by Gasteiger charge is -2.31. The lowest BCUT2D eigenvalue weighted by atomic mass is 9.76. The standard InChI is InChI=1S/C22H24N4/c1-22(2)14-20(24-25(3)17-10-6-4-7-11-17)19-16-23-26(21(19)15-22)18-12-8-5-9-13-18/h4-13,16H,14-15H2,1-3H3/b24-20-. The lowest BCUT2D eigenvalue weighted by molar-refractivity contribution is 0.364. The summed E-state index contributed by atoms with van der Waals surface area (Å²) in [4.78, 5) is 0. The fourth-order valence-electron chi connectivity index (χ4n) is 3.61. The van der Waals surface area contributed by atoms with Gasteiger partial charge in [0.15, 0.2) is 0 Å². The molecular formula is C22H24N4. The summed E-state index contributed by atoms with van der Waals surface area (Å²) in [5.74, 6) is 0. The van der Waals surface area contributed by atoms with Crippen molar-refractivity contribution < 1.29 is 0 Å². The highest BCUT2D eigenvalue weighted by Crippen LogP contribution is 2.36. The molecule has 4 heteroatoms. The third kappa shape index (κ3) is 3.15. The van der Waals surface area contributed by atoms with Crippen molar-refractivity contribution in [1.82, 2.24) is 9.78 Å². The molecule has 0 fully saturated rings. The van der Waals surface area contributed by atoms with Gasteiger partial charge in [-0.25, -0.2) is 4.68 Å². The van der Waals surface area contributed by atoms with Gasteiger partial charge in [0.25, 0.3) is 0 Å². The average Bonchev–Trinajstić information content (AvgIpc) is 3.05. The normalized spacial score (nSPS) is 17.1. The molecule has 0 saturated heterocycles. The molecule has 0 amide bonds. The van der Waals surface area contributed by atoms with Crippen LogP contribution in [0.1, 0.15) is 31.5 Å². The van der Waals surface area contributed by atoms with Gasteiger partial charge < -0.3 is 0 Å². The van der Waals surface area contributed by atoms with Gasteiger partial charge in [-0.2, -0.15) is 10.2 Å². The summed E-state index contributed by atoms with van der Waals surface area (Å²) in [6.07, 6.45) is 3.90. The van der Waals surface area contributed by atoms with Crippen molar-refractivity contribution >= 4 is 11.4 Å². The van der Waals surface area contributed by atoms with Crippen molar-refractivity contribution in [3.63, 3.8) is 0 Å². The first-order valence-corrected chi connectivity index (χ1v) is 9.02. The summed E-state index contributed by atoms with van der Waals surface area (Å²) < 4.78 is 2.06. The van der Waals surface area contributed by atoms with Crippen molar-refractivity contribution in [2.45, 2.75) is 26.7 Å². The van der Waals surface area contributed by atoms with E-state index < -0.39 is 0 Å². The largest absolute Gasteiger partial charge is 0.268 e. The molecule has 0 unspecified atom stereocenters. The number of benzene rings is 2. The van der Waals surface area contributed by atoms with Gasteiger partial charge in [-0.3, -0.25) is 5.01 Å². The maximum absolute atomic E-state index is 4.95. The predicted molar refractivity (Wildman–Crippen MR) is 107 cm³/mol. The molecule has 0 spiro atoms. The van der Waals surface area contributed by atoms with Crippen LogP contribution in [0.4, 0.5) is 5.69 Å². The zero-order valence-electron chi connectivity index (χ0n) is 15.6. The van der Waals surface area contributed by atoms with E-state index in [0.717, 1.165) is 35.5 Å². The summed E-state index contributed by atoms with van der Waals surface area (Å²) >= 11 is 0. The van der Waals surface area contributed by atoms with Crippen LogP contribution in [0.3, 0.4) is 0 Å². The minimum absolute atomic E-state index is 0.149. The van der Waals surface area contributed by atoms with Crippen LogP contribution in [0.2, 0.25) is 0 Å². The lowest BCUT2D eigenvalue weighted by Crippen LogP contribution is -2.30. The van der Waals surface area contributed by atoms with Crippen LogP contribution >= 0.6 is 0 Å². The Morgan fingerprint density at radius 1 is 0.962 bits per heavy atom. The molecule has 0 radical (unpaired) electrons. The molecule has 1 aromatic heterocycles. The molecule has 26 heavy (non-hydrogen) atoms. The Balaban J connectivity index is 1.77. The van der Waals surface area contributed by atoms with Crippen LogP contribution in [0.25, 0.3) is 5.69 Å². The Bertz CT molecular complexity index is 923. The zero-order chi connectivity index (χ0) is 18.1. The van der Waals surface area contributed by atoms with E-state index in [0.29, 0.717) is 0 Å². The minimum Gasteiger partial charge on any atom is -0.268 e. The second kappa shape index (κ2) is 6.45. The maximum Gasteiger partial charge on any atom is 0.0721 e. The van der Waals surface area contributed by atoms with E-state index in [2.05, 4.69) is 60.0 Å². The highest BCUT2D eigenvalue weighted by Gasteiger charge is 2.33. The highest BCUT2D eigenvalue weighted by molar-refractivity contribution is 6.03. The monoisotopic (exact) mass is 344 g/mol. The maximum atomic E-state index is 4.95. The quantitative estimate of drug-likeness (QED) is 0.646. The van der Waals surface area contributed by atoms with Crippen LogP contribution in [0.15, 0.2) is 72.0 Å². The Labute approximate surface area is 154 Å². The second-order valence-electron chi connectivity index (χ2n) is 7.68. The molecular weight excluding hydrogens is 320 g/mol. The van der Waals surface area contributed by atoms with Crippen molar-refractivity contribution in [3.8, 4) is 5.69 Å². The van der Waals surface area contributed by atoms with E-state index in [9.17, 15) is 0 Å². The molecule has 0 N–H and O–H groups in total. The van der Waals surface area contributed by atoms with Crippen LogP contribution in [0, 0.1) is 5.41 Å². The average molecular weight is 344 g/mol. The summed E-state index contributed by atoms with van der Waals surface area (Å²) in [6, 6.07) is 20.6. The highest BCUT2D eigenvalue weighted by atomic mass is 15.4. The molecule has 1 heterocycles. The molecule has 1 aliphatic rings. The Hall–Kier alpha value is -2.88. The first kappa shape index (κ1) is 16.6. The van der Waals surface area contributed by atoms with Gasteiger partial charge in [0.2, 0.25) is 0 Å². The number of aromatic nitrogens is 2. The molecule has 4 rings (SSSR count). The summed E-state index contributed by atoms with van der Waals surface area (Å²) in [5.41, 5.74) is 5.84. The van der Waals surface area contributed by atoms with Gasteiger partial charge in [0.05, 0.1) is 29.0 Å². The van der Waals surface area contributed by atoms with E-state index in [-0.39, 0.29) is 5.41 Å². The van der Waals surface area contributed by atoms with Crippen LogP contribution in [0.5, 0.6) is 0 Å². The number of hydrazone groups is 1. The molecule has 0 bridgehead atoms. The van der Waals surface area contributed by atoms with Gasteiger partial charge >= 0.3 is 0 Å². The van der Waals surface area contributed by atoms with Crippen LogP contribution < -0.4 is 5.01 Å². The third-order valence-electron chi connectivity index (χ3n) is 4.87. The van der Waals surface area contributed by atoms with E-state index in [1.165, 1.54) is 5.69 Å². The second-order valence-corrected chi connectivity index (χ2v) is 7.68. The molecule has 1 aliphatic carbocycles. The first-order chi connectivity index (χ1) is 12.5. The minimum atomic E-state index is 0.149. The fraction of sp³-hybridized carbons (Fsp3) is 0.273. The number of hydrogen-bond donors (Lipinski definition) is 0. The van der Waals surface area contributed by atoms with Gasteiger partial charge in [-0.15, -0.1) is 0 Å². The number of rotatable bonds is 3. The number of para-hydroxylation sites is 2. The smallest absolute Gasteiger partial charge is 0.0721 e. The number of nitrogens with zero attached hydrogens (tertiary/aromatic N) is 4. The Morgan fingerprint density at radius 2 is 1.62 bits per heavy atom. The van der Waals surface area contributed by atoms with Crippen molar-refractivity contribution in [1.29, 1.82) is 0 Å². The molecule has 2 aromatic carbocycles. The molecule has 0 atom stereocenters. The van der Waals surface area contributed by atoms with Crippen LogP contribution in [-0.4, -0.2) is 22.5 Å². The van der Waals surface area contributed by atoms with Crippen LogP contribution in [-0.2, 0) is 6.42 Å². The SMILES string of the molecule is CN(/N=C1/CC(C)(C)Cc2c1cnn2-c1ccccc1)c1ccccc1. The third-order valence-corrected chi connectivity index (χ3v) is 4.87. The van der Waals surface area contributed by atoms with E-state index in [1.807, 2.05) is 42.5 Å². The Morgan fingerprint density at radius 3 is 2.31 bits per heavy atom. The summed E-state index contributed by atoms with van der Waals surface area (Å²) in [7, 11) is 2.01. The predicted octanol–water partition coefficient (Wildman–Crippen LogP) is 4.69. The van der Waals surface area contributed by atoms with E-state index >= 15 is 0 Å². The van der Waals surface area contributed by atoms with Crippen molar-refractivity contribution in [2.24, 2.45) is 10.5 Å². The molecule has 3 aromatic rings. The molecule has 0 aliphatic heterocycles. The van der Waals surface area contributed by atoms with E-state index in [1.54, 1.807) is 0 Å². The van der Waals surface area contributed by atoms with Crippen molar-refractivity contribution in [2.75, 3.05) is 12.1 Å². The van der Waals surface area contributed by atoms with Gasteiger partial charge in [-0.1, -0.05) is 50.2 Å². The van der Waals surface area contributed by atoms with E-state index in [4.69, 9.17) is 5.10 Å². The van der Waals surface area contributed by atoms with Crippen molar-refractivity contribution in [3.05, 3.63) is 78.1 Å². The van der Waals surface area contributed by atoms with Gasteiger partial charge in [-0.05, 0) is 42.5 Å². The molecule has 4 nitrogen and oxygen atoms in total. The first-order valence-electron chi connectivity index (χ1n) is 9.02. The van der Waals surface area contributed by atoms with Gasteiger partial charge in [0.1, 0.15) is 0 Å².